The number of nitrogens with one attached hydrogen (secondary N) is 2. The van der Waals surface area contributed by atoms with E-state index in [1.807, 2.05) is 24.3 Å². The monoisotopic (exact) mass is 809 g/mol. The standard InChI is InChI=1S/C43H49F2N9O5/c1-51(17-4-2-3-7-28-8-5-10-32(23-28)59-35-11-6-9-30-24-37(55)49-43(57)38(30)35)26-29-12-14-31(15-13-29)54-27-34(39(50-54)40(44)45)47-42(56)33-25-46-53-18-16-36(48-41(33)53)52-19-21-58-22-20-52/h5-6,8-11,16,18,23,25,27,29,31,40H,2-4,7,12-15,17,19-22,24,26H2,1H3,(H,47,56)(H,49,55,57)/t29-,31-. The molecule has 16 heteroatoms. The van der Waals surface area contributed by atoms with Crippen LogP contribution in [0.15, 0.2) is 67.1 Å². The maximum atomic E-state index is 14.2. The Hall–Kier alpha value is -5.74. The van der Waals surface area contributed by atoms with E-state index < -0.39 is 23.9 Å². The summed E-state index contributed by atoms with van der Waals surface area (Å²) >= 11 is 0. The van der Waals surface area contributed by atoms with Crippen molar-refractivity contribution in [3.05, 3.63) is 95.1 Å². The maximum Gasteiger partial charge on any atom is 0.284 e. The van der Waals surface area contributed by atoms with Gasteiger partial charge >= 0.3 is 0 Å². The van der Waals surface area contributed by atoms with E-state index >= 15 is 0 Å². The first-order valence-electron chi connectivity index (χ1n) is 20.5. The number of fused-ring (bicyclic) bond motifs is 2. The first kappa shape index (κ1) is 40.1. The number of nitrogens with zero attached hydrogens (tertiary/aromatic N) is 7. The number of unbranched alkanes of at least 4 members (excludes halogenated alkanes) is 2. The number of aryl methyl sites for hydroxylation is 1. The SMILES string of the molecule is CN(CCCCCc1cccc(Oc2cccc3c2C(=O)NC(=O)C3)c1)C[C@H]1CC[C@H](n2cc(NC(=O)c3cnn4ccc(N5CCOCC5)nc34)c(C(F)F)n2)CC1. The van der Waals surface area contributed by atoms with E-state index in [4.69, 9.17) is 9.47 Å². The van der Waals surface area contributed by atoms with Gasteiger partial charge in [-0.1, -0.05) is 30.7 Å². The number of imide groups is 1. The number of hydrogen-bond donors (Lipinski definition) is 2. The van der Waals surface area contributed by atoms with Gasteiger partial charge in [0.25, 0.3) is 18.2 Å². The van der Waals surface area contributed by atoms with Gasteiger partial charge in [-0.3, -0.25) is 24.4 Å². The average Bonchev–Trinajstić information content (AvgIpc) is 3.86. The Kier molecular flexibility index (Phi) is 12.2. The number of amides is 3. The number of hydrogen-bond acceptors (Lipinski definition) is 10. The van der Waals surface area contributed by atoms with Gasteiger partial charge in [-0.15, -0.1) is 0 Å². The zero-order valence-electron chi connectivity index (χ0n) is 33.1. The Labute approximate surface area is 340 Å². The third kappa shape index (κ3) is 9.44. The smallest absolute Gasteiger partial charge is 0.284 e. The number of halogens is 2. The van der Waals surface area contributed by atoms with Gasteiger partial charge in [0.1, 0.15) is 22.9 Å². The van der Waals surface area contributed by atoms with Crippen molar-refractivity contribution in [3.63, 3.8) is 0 Å². The molecule has 2 aliphatic heterocycles. The largest absolute Gasteiger partial charge is 0.457 e. The lowest BCUT2D eigenvalue weighted by Gasteiger charge is -2.31. The normalized spacial score (nSPS) is 18.4. The van der Waals surface area contributed by atoms with Gasteiger partial charge in [0, 0.05) is 32.0 Å². The molecule has 1 aliphatic carbocycles. The summed E-state index contributed by atoms with van der Waals surface area (Å²) in [6.07, 6.45) is 9.64. The molecule has 1 saturated carbocycles. The highest BCUT2D eigenvalue weighted by Crippen LogP contribution is 2.36. The van der Waals surface area contributed by atoms with Crippen molar-refractivity contribution in [2.24, 2.45) is 5.92 Å². The third-order valence-corrected chi connectivity index (χ3v) is 11.5. The molecular formula is C43H49F2N9O5. The van der Waals surface area contributed by atoms with Crippen LogP contribution in [0.2, 0.25) is 0 Å². The molecule has 0 radical (unpaired) electrons. The highest BCUT2D eigenvalue weighted by molar-refractivity contribution is 6.11. The van der Waals surface area contributed by atoms with E-state index in [2.05, 4.69) is 48.7 Å². The zero-order valence-corrected chi connectivity index (χ0v) is 33.1. The van der Waals surface area contributed by atoms with Crippen molar-refractivity contribution >= 4 is 34.9 Å². The molecule has 1 saturated heterocycles. The van der Waals surface area contributed by atoms with Crippen LogP contribution >= 0.6 is 0 Å². The predicted molar refractivity (Wildman–Crippen MR) is 216 cm³/mol. The molecule has 3 amide bonds. The number of morpholine rings is 1. The van der Waals surface area contributed by atoms with Gasteiger partial charge in [-0.05, 0) is 99.8 Å². The Bertz CT molecular complexity index is 2300. The minimum Gasteiger partial charge on any atom is -0.457 e. The minimum absolute atomic E-state index is 0.00269. The molecule has 0 atom stereocenters. The molecule has 0 unspecified atom stereocenters. The number of ether oxygens (including phenoxy) is 2. The first-order valence-corrected chi connectivity index (χ1v) is 20.5. The van der Waals surface area contributed by atoms with Gasteiger partial charge in [0.15, 0.2) is 11.3 Å². The van der Waals surface area contributed by atoms with Gasteiger partial charge in [-0.2, -0.15) is 10.2 Å². The second kappa shape index (κ2) is 18.0. The molecule has 2 fully saturated rings. The van der Waals surface area contributed by atoms with Crippen molar-refractivity contribution in [3.8, 4) is 11.5 Å². The van der Waals surface area contributed by atoms with E-state index in [-0.39, 0.29) is 29.6 Å². The van der Waals surface area contributed by atoms with Crippen molar-refractivity contribution in [1.82, 2.24) is 34.6 Å². The van der Waals surface area contributed by atoms with Crippen molar-refractivity contribution in [2.75, 3.05) is 56.7 Å². The fraction of sp³-hybridized carbons (Fsp3) is 0.442. The van der Waals surface area contributed by atoms with Crippen LogP contribution in [0, 0.1) is 5.92 Å². The number of rotatable bonds is 15. The number of aromatic nitrogens is 5. The van der Waals surface area contributed by atoms with Crippen LogP contribution in [-0.2, 0) is 22.4 Å². The van der Waals surface area contributed by atoms with Crippen LogP contribution in [0.25, 0.3) is 5.65 Å². The van der Waals surface area contributed by atoms with Gasteiger partial charge in [0.05, 0.1) is 43.1 Å². The molecule has 0 spiro atoms. The number of alkyl halides is 2. The maximum absolute atomic E-state index is 14.2. The van der Waals surface area contributed by atoms with E-state index in [9.17, 15) is 23.2 Å². The topological polar surface area (TPSA) is 148 Å². The van der Waals surface area contributed by atoms with Crippen molar-refractivity contribution in [1.29, 1.82) is 0 Å². The van der Waals surface area contributed by atoms with Crippen molar-refractivity contribution < 1.29 is 32.6 Å². The number of carbonyl (C=O) groups excluding carboxylic acids is 3. The second-order valence-electron chi connectivity index (χ2n) is 15.7. The lowest BCUT2D eigenvalue weighted by molar-refractivity contribution is -0.119. The molecule has 8 rings (SSSR count). The van der Waals surface area contributed by atoms with E-state index in [1.165, 1.54) is 16.9 Å². The lowest BCUT2D eigenvalue weighted by atomic mass is 9.86. The van der Waals surface area contributed by atoms with E-state index in [0.29, 0.717) is 66.3 Å². The summed E-state index contributed by atoms with van der Waals surface area (Å²) in [4.78, 5) is 46.9. The summed E-state index contributed by atoms with van der Waals surface area (Å²) in [5, 5.41) is 13.6. The van der Waals surface area contributed by atoms with Crippen LogP contribution < -0.4 is 20.3 Å². The zero-order chi connectivity index (χ0) is 40.9. The Morgan fingerprint density at radius 1 is 1.05 bits per heavy atom. The first-order chi connectivity index (χ1) is 28.7. The minimum atomic E-state index is -2.85. The Morgan fingerprint density at radius 3 is 2.68 bits per heavy atom. The average molecular weight is 810 g/mol. The van der Waals surface area contributed by atoms with E-state index in [0.717, 1.165) is 70.0 Å². The predicted octanol–water partition coefficient (Wildman–Crippen LogP) is 6.63. The quantitative estimate of drug-likeness (QED) is 0.0872. The molecule has 2 aromatic carbocycles. The number of anilines is 2. The summed E-state index contributed by atoms with van der Waals surface area (Å²) in [5.74, 6) is 0.986. The fourth-order valence-corrected chi connectivity index (χ4v) is 8.40. The molecule has 3 aliphatic rings. The fourth-order valence-electron chi connectivity index (χ4n) is 8.40. The van der Waals surface area contributed by atoms with Crippen molar-refractivity contribution in [2.45, 2.75) is 70.3 Å². The van der Waals surface area contributed by atoms with Crippen LogP contribution in [0.5, 0.6) is 11.5 Å². The summed E-state index contributed by atoms with van der Waals surface area (Å²) in [7, 11) is 2.16. The van der Waals surface area contributed by atoms with Crippen LogP contribution in [0.3, 0.4) is 0 Å². The number of benzene rings is 2. The lowest BCUT2D eigenvalue weighted by Crippen LogP contribution is -2.37. The van der Waals surface area contributed by atoms with Crippen LogP contribution in [-0.4, -0.2) is 93.4 Å². The Balaban J connectivity index is 0.779. The third-order valence-electron chi connectivity index (χ3n) is 11.5. The molecule has 5 aromatic rings. The highest BCUT2D eigenvalue weighted by atomic mass is 19.3. The highest BCUT2D eigenvalue weighted by Gasteiger charge is 2.29. The van der Waals surface area contributed by atoms with Gasteiger partial charge < -0.3 is 24.6 Å². The molecule has 3 aromatic heterocycles. The molecular weight excluding hydrogens is 761 g/mol. The van der Waals surface area contributed by atoms with Gasteiger partial charge in [-0.25, -0.2) is 18.3 Å². The second-order valence-corrected chi connectivity index (χ2v) is 15.7. The summed E-state index contributed by atoms with van der Waals surface area (Å²) in [6, 6.07) is 15.0. The van der Waals surface area contributed by atoms with Crippen LogP contribution in [0.4, 0.5) is 20.3 Å². The number of carbonyl (C=O) groups is 3. The summed E-state index contributed by atoms with van der Waals surface area (Å²) in [5.41, 5.74) is 2.32. The van der Waals surface area contributed by atoms with Gasteiger partial charge in [0.2, 0.25) is 5.91 Å². The molecule has 5 heterocycles. The molecule has 59 heavy (non-hydrogen) atoms. The molecule has 0 bridgehead atoms. The summed E-state index contributed by atoms with van der Waals surface area (Å²) < 4.78 is 43.1. The van der Waals surface area contributed by atoms with E-state index in [1.54, 1.807) is 29.1 Å². The molecule has 2 N–H and O–H groups in total. The van der Waals surface area contributed by atoms with Crippen LogP contribution in [0.1, 0.15) is 94.9 Å². The molecule has 14 nitrogen and oxygen atoms in total. The summed E-state index contributed by atoms with van der Waals surface area (Å²) in [6.45, 7) is 4.51. The molecule has 310 valence electrons. The Morgan fingerprint density at radius 2 is 1.86 bits per heavy atom.